The van der Waals surface area contributed by atoms with Crippen LogP contribution in [0, 0.1) is 6.92 Å². The number of likely N-dealkylation sites (N-methyl/N-ethyl adjacent to an activating group) is 1. The highest BCUT2D eigenvalue weighted by molar-refractivity contribution is 7.87. The summed E-state index contributed by atoms with van der Waals surface area (Å²) < 4.78 is 35.4. The molecule has 1 amide bonds. The van der Waals surface area contributed by atoms with E-state index in [1.807, 2.05) is 27.0 Å². The summed E-state index contributed by atoms with van der Waals surface area (Å²) in [5, 5.41) is 7.17. The molecule has 0 spiro atoms. The van der Waals surface area contributed by atoms with Gasteiger partial charge in [-0.2, -0.15) is 22.5 Å². The lowest BCUT2D eigenvalue weighted by Gasteiger charge is -2.36. The number of nitrogens with zero attached hydrogens (tertiary/aromatic N) is 3. The molecule has 142 valence electrons. The van der Waals surface area contributed by atoms with Gasteiger partial charge in [-0.3, -0.25) is 9.48 Å². The van der Waals surface area contributed by atoms with Crippen molar-refractivity contribution in [2.75, 3.05) is 20.8 Å². The topological polar surface area (TPSA) is 106 Å². The minimum atomic E-state index is -3.76. The van der Waals surface area contributed by atoms with Gasteiger partial charge in [-0.15, -0.1) is 0 Å². The summed E-state index contributed by atoms with van der Waals surface area (Å²) in [6.07, 6.45) is 2.16. The minimum absolute atomic E-state index is 0.202. The van der Waals surface area contributed by atoms with E-state index in [-0.39, 0.29) is 11.9 Å². The Hall–Kier alpha value is -1.49. The standard InChI is InChI=1S/C15H27N5O4S/c1-6-20-8-12(11(3)17-20)13-7-14(19(4)25(22,23)18-13)15(21)16-10(2)9-24-5/h8,10,13-14,18H,6-7,9H2,1-5H3,(H,16,21)/t10-,13+,14-/m1/s1. The third-order valence-electron chi connectivity index (χ3n) is 4.36. The second-order valence-corrected chi connectivity index (χ2v) is 8.10. The Morgan fingerprint density at radius 2 is 2.24 bits per heavy atom. The lowest BCUT2D eigenvalue weighted by atomic mass is 10.00. The molecule has 0 bridgehead atoms. The van der Waals surface area contributed by atoms with Gasteiger partial charge in [0.2, 0.25) is 5.91 Å². The third kappa shape index (κ3) is 4.38. The fraction of sp³-hybridized carbons (Fsp3) is 0.733. The summed E-state index contributed by atoms with van der Waals surface area (Å²) in [7, 11) is -0.803. The molecule has 0 unspecified atom stereocenters. The number of hydrogen-bond acceptors (Lipinski definition) is 5. The maximum atomic E-state index is 12.6. The number of nitrogens with one attached hydrogen (secondary N) is 2. The molecular formula is C15H27N5O4S. The van der Waals surface area contributed by atoms with E-state index in [1.54, 1.807) is 11.8 Å². The van der Waals surface area contributed by atoms with E-state index in [0.29, 0.717) is 19.6 Å². The molecule has 2 rings (SSSR count). The number of amides is 1. The van der Waals surface area contributed by atoms with Crippen LogP contribution in [0.4, 0.5) is 0 Å². The molecule has 0 aromatic carbocycles. The summed E-state index contributed by atoms with van der Waals surface area (Å²) in [5.74, 6) is -0.331. The largest absolute Gasteiger partial charge is 0.383 e. The van der Waals surface area contributed by atoms with Crippen LogP contribution in [0.25, 0.3) is 0 Å². The Morgan fingerprint density at radius 3 is 2.80 bits per heavy atom. The second kappa shape index (κ2) is 7.81. The van der Waals surface area contributed by atoms with Gasteiger partial charge in [0, 0.05) is 38.5 Å². The Morgan fingerprint density at radius 1 is 1.56 bits per heavy atom. The molecular weight excluding hydrogens is 346 g/mol. The van der Waals surface area contributed by atoms with Gasteiger partial charge in [-0.05, 0) is 27.2 Å². The molecule has 1 aromatic rings. The maximum absolute atomic E-state index is 12.6. The first kappa shape index (κ1) is 19.8. The van der Waals surface area contributed by atoms with Crippen LogP contribution in [0.3, 0.4) is 0 Å². The Bertz CT molecular complexity index is 718. The number of hydrogen-bond donors (Lipinski definition) is 2. The van der Waals surface area contributed by atoms with Crippen molar-refractivity contribution in [3.63, 3.8) is 0 Å². The molecule has 3 atom stereocenters. The van der Waals surface area contributed by atoms with Crippen molar-refractivity contribution >= 4 is 16.1 Å². The molecule has 1 saturated heterocycles. The van der Waals surface area contributed by atoms with Crippen molar-refractivity contribution in [3.05, 3.63) is 17.5 Å². The molecule has 1 fully saturated rings. The van der Waals surface area contributed by atoms with Crippen LogP contribution in [-0.4, -0.2) is 61.3 Å². The lowest BCUT2D eigenvalue weighted by molar-refractivity contribution is -0.126. The molecule has 1 aliphatic rings. The predicted octanol–water partition coefficient (Wildman–Crippen LogP) is -0.0579. The molecule has 1 aliphatic heterocycles. The zero-order valence-electron chi connectivity index (χ0n) is 15.3. The fourth-order valence-electron chi connectivity index (χ4n) is 2.98. The van der Waals surface area contributed by atoms with Gasteiger partial charge in [0.05, 0.1) is 18.3 Å². The lowest BCUT2D eigenvalue weighted by Crippen LogP contribution is -2.58. The van der Waals surface area contributed by atoms with Crippen LogP contribution in [0.5, 0.6) is 0 Å². The third-order valence-corrected chi connectivity index (χ3v) is 5.96. The second-order valence-electron chi connectivity index (χ2n) is 6.33. The van der Waals surface area contributed by atoms with Gasteiger partial charge in [0.1, 0.15) is 6.04 Å². The fourth-order valence-corrected chi connectivity index (χ4v) is 4.25. The van der Waals surface area contributed by atoms with Crippen LogP contribution in [0.15, 0.2) is 6.20 Å². The first-order valence-corrected chi connectivity index (χ1v) is 9.72. The first-order chi connectivity index (χ1) is 11.7. The zero-order valence-corrected chi connectivity index (χ0v) is 16.1. The number of ether oxygens (including phenoxy) is 1. The van der Waals surface area contributed by atoms with Crippen LogP contribution < -0.4 is 10.0 Å². The molecule has 9 nitrogen and oxygen atoms in total. The predicted molar refractivity (Wildman–Crippen MR) is 93.1 cm³/mol. The van der Waals surface area contributed by atoms with Gasteiger partial charge in [0.15, 0.2) is 0 Å². The minimum Gasteiger partial charge on any atom is -0.383 e. The molecule has 10 heteroatoms. The number of methoxy groups -OCH3 is 1. The van der Waals surface area contributed by atoms with Crippen molar-refractivity contribution in [3.8, 4) is 0 Å². The Balaban J connectivity index is 2.25. The Labute approximate surface area is 148 Å². The van der Waals surface area contributed by atoms with Crippen molar-refractivity contribution in [2.24, 2.45) is 0 Å². The summed E-state index contributed by atoms with van der Waals surface area (Å²) in [6.45, 7) is 6.66. The van der Waals surface area contributed by atoms with Gasteiger partial charge in [-0.1, -0.05) is 0 Å². The normalized spacial score (nSPS) is 24.8. The molecule has 2 heterocycles. The quantitative estimate of drug-likeness (QED) is 0.727. The summed E-state index contributed by atoms with van der Waals surface area (Å²) in [6, 6.07) is -1.48. The number of carbonyl (C=O) groups excluding carboxylic acids is 1. The van der Waals surface area contributed by atoms with E-state index >= 15 is 0 Å². The molecule has 2 N–H and O–H groups in total. The highest BCUT2D eigenvalue weighted by Gasteiger charge is 2.41. The highest BCUT2D eigenvalue weighted by Crippen LogP contribution is 2.29. The number of aryl methyl sites for hydroxylation is 2. The first-order valence-electron chi connectivity index (χ1n) is 8.28. The maximum Gasteiger partial charge on any atom is 0.280 e. The Kier molecular flexibility index (Phi) is 6.20. The zero-order chi connectivity index (χ0) is 18.8. The molecule has 0 aliphatic carbocycles. The van der Waals surface area contributed by atoms with E-state index in [4.69, 9.17) is 4.74 Å². The van der Waals surface area contributed by atoms with Crippen LogP contribution >= 0.6 is 0 Å². The van der Waals surface area contributed by atoms with Crippen molar-refractivity contribution < 1.29 is 17.9 Å². The van der Waals surface area contributed by atoms with E-state index in [9.17, 15) is 13.2 Å². The monoisotopic (exact) mass is 373 g/mol. The van der Waals surface area contributed by atoms with Crippen molar-refractivity contribution in [2.45, 2.75) is 51.9 Å². The van der Waals surface area contributed by atoms with Gasteiger partial charge in [0.25, 0.3) is 10.2 Å². The number of carbonyl (C=O) groups is 1. The van der Waals surface area contributed by atoms with E-state index in [0.717, 1.165) is 15.6 Å². The van der Waals surface area contributed by atoms with Gasteiger partial charge < -0.3 is 10.1 Å². The van der Waals surface area contributed by atoms with Gasteiger partial charge >= 0.3 is 0 Å². The smallest absolute Gasteiger partial charge is 0.280 e. The van der Waals surface area contributed by atoms with E-state index < -0.39 is 22.3 Å². The molecule has 0 radical (unpaired) electrons. The summed E-state index contributed by atoms with van der Waals surface area (Å²) in [4.78, 5) is 12.6. The SMILES string of the molecule is CCn1cc([C@@H]2C[C@H](C(=O)N[C@H](C)COC)N(C)S(=O)(=O)N2)c(C)n1. The van der Waals surface area contributed by atoms with E-state index in [1.165, 1.54) is 7.05 Å². The highest BCUT2D eigenvalue weighted by atomic mass is 32.2. The molecule has 0 saturated carbocycles. The number of rotatable bonds is 6. The average molecular weight is 373 g/mol. The number of aromatic nitrogens is 2. The summed E-state index contributed by atoms with van der Waals surface area (Å²) >= 11 is 0. The van der Waals surface area contributed by atoms with Crippen LogP contribution in [0.1, 0.15) is 37.6 Å². The molecule has 1 aromatic heterocycles. The van der Waals surface area contributed by atoms with Crippen LogP contribution in [-0.2, 0) is 26.3 Å². The summed E-state index contributed by atoms with van der Waals surface area (Å²) in [5.41, 5.74) is 1.55. The van der Waals surface area contributed by atoms with E-state index in [2.05, 4.69) is 15.1 Å². The molecule has 25 heavy (non-hydrogen) atoms. The van der Waals surface area contributed by atoms with Crippen LogP contribution in [0.2, 0.25) is 0 Å². The average Bonchev–Trinajstić information content (AvgIpc) is 2.91. The van der Waals surface area contributed by atoms with Crippen molar-refractivity contribution in [1.82, 2.24) is 24.1 Å². The van der Waals surface area contributed by atoms with Crippen molar-refractivity contribution in [1.29, 1.82) is 0 Å². The van der Waals surface area contributed by atoms with Gasteiger partial charge in [-0.25, -0.2) is 0 Å².